The third-order valence-electron chi connectivity index (χ3n) is 13.4. The highest BCUT2D eigenvalue weighted by molar-refractivity contribution is 6.15. The van der Waals surface area contributed by atoms with Crippen LogP contribution < -0.4 is 4.90 Å². The van der Waals surface area contributed by atoms with E-state index in [0.717, 1.165) is 72.3 Å². The predicted octanol–water partition coefficient (Wildman–Crippen LogP) is 18.0. The number of para-hydroxylation sites is 2. The molecule has 0 aliphatic rings. The summed E-state index contributed by atoms with van der Waals surface area (Å²) in [4.78, 5) is 2.36. The van der Waals surface area contributed by atoms with Gasteiger partial charge >= 0.3 is 0 Å². The average Bonchev–Trinajstić information content (AvgIpc) is 3.96. The molecule has 0 atom stereocenters. The van der Waals surface area contributed by atoms with Gasteiger partial charge in [0.15, 0.2) is 0 Å². The molecule has 0 aliphatic carbocycles. The van der Waals surface area contributed by atoms with Crippen molar-refractivity contribution in [2.45, 2.75) is 0 Å². The number of benzene rings is 11. The molecule has 0 amide bonds. The normalized spacial score (nSPS) is 11.6. The van der Waals surface area contributed by atoms with E-state index in [-0.39, 0.29) is 0 Å². The van der Waals surface area contributed by atoms with Gasteiger partial charge in [0.1, 0.15) is 11.2 Å². The van der Waals surface area contributed by atoms with Crippen LogP contribution in [0.5, 0.6) is 0 Å². The van der Waals surface area contributed by atoms with Crippen molar-refractivity contribution in [3.63, 3.8) is 0 Å². The summed E-state index contributed by atoms with van der Waals surface area (Å²) >= 11 is 0. The highest BCUT2D eigenvalue weighted by Gasteiger charge is 2.17. The maximum atomic E-state index is 6.62. The zero-order valence-corrected chi connectivity index (χ0v) is 36.6. The van der Waals surface area contributed by atoms with E-state index in [0.29, 0.717) is 0 Å². The fourth-order valence-electron chi connectivity index (χ4n) is 10.1. The Morgan fingerprint density at radius 3 is 1.43 bits per heavy atom. The Kier molecular flexibility index (Phi) is 9.17. The SMILES string of the molecule is c1ccc(-c2ccc(-c3ccc(N(c4ccc(-c5cccc(-n6c7ccccc7c7ccccc76)c5)cc4)c4cccc(-c5ccc6c(c5)oc5c7ccccc7ccc65)c4)cc3)cc2)cc1. The number of furan rings is 1. The molecule has 13 rings (SSSR count). The lowest BCUT2D eigenvalue weighted by atomic mass is 9.99. The zero-order valence-electron chi connectivity index (χ0n) is 36.6. The van der Waals surface area contributed by atoms with E-state index >= 15 is 0 Å². The summed E-state index contributed by atoms with van der Waals surface area (Å²) < 4.78 is 9.00. The molecule has 11 aromatic carbocycles. The molecule has 13 aromatic rings. The Morgan fingerprint density at radius 2 is 0.761 bits per heavy atom. The Hall–Kier alpha value is -8.92. The van der Waals surface area contributed by atoms with Crippen molar-refractivity contribution in [2.24, 2.45) is 0 Å². The van der Waals surface area contributed by atoms with Crippen LogP contribution in [0.25, 0.3) is 105 Å². The fourth-order valence-corrected chi connectivity index (χ4v) is 10.1. The summed E-state index contributed by atoms with van der Waals surface area (Å²) in [5.41, 5.74) is 17.9. The largest absolute Gasteiger partial charge is 0.455 e. The van der Waals surface area contributed by atoms with Crippen LogP contribution in [0.2, 0.25) is 0 Å². The van der Waals surface area contributed by atoms with Gasteiger partial charge in [0.05, 0.1) is 11.0 Å². The van der Waals surface area contributed by atoms with Gasteiger partial charge < -0.3 is 13.9 Å². The molecule has 0 spiro atoms. The van der Waals surface area contributed by atoms with Crippen LogP contribution in [0.4, 0.5) is 17.1 Å². The van der Waals surface area contributed by atoms with Crippen LogP contribution in [0.3, 0.4) is 0 Å². The predicted molar refractivity (Wildman–Crippen MR) is 282 cm³/mol. The van der Waals surface area contributed by atoms with Crippen LogP contribution in [-0.2, 0) is 0 Å². The first kappa shape index (κ1) is 38.5. The van der Waals surface area contributed by atoms with E-state index in [1.54, 1.807) is 0 Å². The number of hydrogen-bond donors (Lipinski definition) is 0. The molecule has 67 heavy (non-hydrogen) atoms. The second-order valence-corrected chi connectivity index (χ2v) is 17.3. The van der Waals surface area contributed by atoms with E-state index in [4.69, 9.17) is 4.42 Å². The molecule has 0 saturated carbocycles. The summed E-state index contributed by atoms with van der Waals surface area (Å²) in [6.45, 7) is 0. The summed E-state index contributed by atoms with van der Waals surface area (Å²) in [7, 11) is 0. The molecular weight excluding hydrogens is 813 g/mol. The number of nitrogens with zero attached hydrogens (tertiary/aromatic N) is 2. The first-order chi connectivity index (χ1) is 33.2. The molecule has 0 aliphatic heterocycles. The van der Waals surface area contributed by atoms with Crippen molar-refractivity contribution in [1.82, 2.24) is 4.57 Å². The van der Waals surface area contributed by atoms with Gasteiger partial charge in [0.2, 0.25) is 0 Å². The highest BCUT2D eigenvalue weighted by Crippen LogP contribution is 2.41. The lowest BCUT2D eigenvalue weighted by molar-refractivity contribution is 0.673. The molecule has 3 nitrogen and oxygen atoms in total. The maximum absolute atomic E-state index is 6.62. The summed E-state index contributed by atoms with van der Waals surface area (Å²) in [5, 5.41) is 7.09. The number of hydrogen-bond acceptors (Lipinski definition) is 2. The van der Waals surface area contributed by atoms with Crippen LogP contribution in [0.1, 0.15) is 0 Å². The van der Waals surface area contributed by atoms with Gasteiger partial charge in [0.25, 0.3) is 0 Å². The van der Waals surface area contributed by atoms with Gasteiger partial charge in [-0.2, -0.15) is 0 Å². The third-order valence-corrected chi connectivity index (χ3v) is 13.4. The Bertz CT molecular complexity index is 3900. The monoisotopic (exact) mass is 854 g/mol. The zero-order chi connectivity index (χ0) is 44.3. The van der Waals surface area contributed by atoms with E-state index in [1.807, 2.05) is 0 Å². The molecule has 0 N–H and O–H groups in total. The minimum Gasteiger partial charge on any atom is -0.455 e. The fraction of sp³-hybridized carbons (Fsp3) is 0. The molecule has 2 heterocycles. The molecular formula is C64H42N2O. The van der Waals surface area contributed by atoms with E-state index in [9.17, 15) is 0 Å². The molecule has 0 radical (unpaired) electrons. The van der Waals surface area contributed by atoms with Gasteiger partial charge in [-0.1, -0.05) is 176 Å². The topological polar surface area (TPSA) is 21.3 Å². The highest BCUT2D eigenvalue weighted by atomic mass is 16.3. The van der Waals surface area contributed by atoms with Gasteiger partial charge in [-0.05, 0) is 129 Å². The molecule has 0 bridgehead atoms. The second-order valence-electron chi connectivity index (χ2n) is 17.3. The lowest BCUT2D eigenvalue weighted by Crippen LogP contribution is -2.10. The molecule has 0 fully saturated rings. The van der Waals surface area contributed by atoms with Crippen molar-refractivity contribution in [1.29, 1.82) is 0 Å². The molecule has 0 unspecified atom stereocenters. The smallest absolute Gasteiger partial charge is 0.143 e. The minimum atomic E-state index is 0.885. The van der Waals surface area contributed by atoms with Crippen LogP contribution in [-0.4, -0.2) is 4.57 Å². The van der Waals surface area contributed by atoms with Crippen molar-refractivity contribution < 1.29 is 4.42 Å². The number of rotatable bonds is 8. The van der Waals surface area contributed by atoms with Gasteiger partial charge in [0, 0.05) is 49.7 Å². The number of fused-ring (bicyclic) bond motifs is 8. The first-order valence-corrected chi connectivity index (χ1v) is 22.9. The summed E-state index contributed by atoms with van der Waals surface area (Å²) in [6, 6.07) is 91.8. The van der Waals surface area contributed by atoms with E-state index < -0.39 is 0 Å². The first-order valence-electron chi connectivity index (χ1n) is 22.9. The molecule has 2 aromatic heterocycles. The van der Waals surface area contributed by atoms with E-state index in [1.165, 1.54) is 49.4 Å². The van der Waals surface area contributed by atoms with Gasteiger partial charge in [-0.15, -0.1) is 0 Å². The van der Waals surface area contributed by atoms with Crippen LogP contribution >= 0.6 is 0 Å². The summed E-state index contributed by atoms with van der Waals surface area (Å²) in [6.07, 6.45) is 0. The Morgan fingerprint density at radius 1 is 0.284 bits per heavy atom. The van der Waals surface area contributed by atoms with Crippen molar-refractivity contribution in [3.05, 3.63) is 255 Å². The average molecular weight is 855 g/mol. The third kappa shape index (κ3) is 6.76. The molecule has 3 heteroatoms. The Labute approximate surface area is 388 Å². The van der Waals surface area contributed by atoms with Gasteiger partial charge in [-0.25, -0.2) is 0 Å². The number of aromatic nitrogens is 1. The lowest BCUT2D eigenvalue weighted by Gasteiger charge is -2.26. The van der Waals surface area contributed by atoms with Gasteiger partial charge in [-0.3, -0.25) is 0 Å². The second kappa shape index (κ2) is 16.0. The van der Waals surface area contributed by atoms with E-state index in [2.05, 4.69) is 264 Å². The Balaban J connectivity index is 0.879. The minimum absolute atomic E-state index is 0.885. The molecule has 314 valence electrons. The maximum Gasteiger partial charge on any atom is 0.143 e. The summed E-state index contributed by atoms with van der Waals surface area (Å²) in [5.74, 6) is 0. The number of anilines is 3. The van der Waals surface area contributed by atoms with Crippen molar-refractivity contribution in [3.8, 4) is 50.2 Å². The molecule has 0 saturated heterocycles. The quantitative estimate of drug-likeness (QED) is 0.152. The standard InChI is InChI=1S/C64H42N2O/c1-2-12-43(13-3-1)44-24-26-45(27-25-44)46-28-34-52(35-29-46)65(54-17-11-16-50(41-54)51-33-38-59-60-39-32-48-14-4-5-19-56(48)64(60)67-63(59)42-51)53-36-30-47(31-37-53)49-15-10-18-55(40-49)66-61-22-8-6-20-57(61)58-21-7-9-23-62(58)66/h1-42H. The van der Waals surface area contributed by atoms with Crippen LogP contribution in [0, 0.1) is 0 Å². The van der Waals surface area contributed by atoms with Crippen LogP contribution in [0.15, 0.2) is 259 Å². The van der Waals surface area contributed by atoms with Crippen molar-refractivity contribution >= 4 is 71.6 Å². The van der Waals surface area contributed by atoms with Crippen molar-refractivity contribution in [2.75, 3.05) is 4.90 Å².